The average Bonchev–Trinajstić information content (AvgIpc) is 2.24. The summed E-state index contributed by atoms with van der Waals surface area (Å²) < 4.78 is 23.7. The number of hydrogen-bond donors (Lipinski definition) is 3. The average molecular weight is 257 g/mol. The van der Waals surface area contributed by atoms with Crippen LogP contribution in [0.3, 0.4) is 0 Å². The summed E-state index contributed by atoms with van der Waals surface area (Å²) in [4.78, 5) is 11.6. The van der Waals surface area contributed by atoms with E-state index in [1.165, 1.54) is 12.1 Å². The molecule has 0 aromatic heterocycles. The van der Waals surface area contributed by atoms with Crippen molar-refractivity contribution in [2.24, 2.45) is 5.14 Å². The van der Waals surface area contributed by atoms with Crippen LogP contribution in [0.2, 0.25) is 0 Å². The summed E-state index contributed by atoms with van der Waals surface area (Å²) in [6, 6.07) is 6.12. The molecule has 1 rings (SSSR count). The van der Waals surface area contributed by atoms with Crippen molar-refractivity contribution in [2.75, 3.05) is 11.3 Å². The van der Waals surface area contributed by atoms with E-state index in [0.717, 1.165) is 6.42 Å². The van der Waals surface area contributed by atoms with Crippen molar-refractivity contribution in [3.05, 3.63) is 29.8 Å². The van der Waals surface area contributed by atoms with E-state index in [-0.39, 0.29) is 11.6 Å². The van der Waals surface area contributed by atoms with Crippen molar-refractivity contribution < 1.29 is 13.2 Å². The minimum absolute atomic E-state index is 0.245. The van der Waals surface area contributed by atoms with Crippen molar-refractivity contribution in [1.29, 1.82) is 0 Å². The molecule has 1 aromatic rings. The molecule has 0 bridgehead atoms. The van der Waals surface area contributed by atoms with Gasteiger partial charge in [-0.15, -0.1) is 0 Å². The molecule has 17 heavy (non-hydrogen) atoms. The zero-order valence-corrected chi connectivity index (χ0v) is 10.3. The van der Waals surface area contributed by atoms with Gasteiger partial charge in [-0.25, -0.2) is 5.14 Å². The second-order valence-electron chi connectivity index (χ2n) is 3.48. The first kappa shape index (κ1) is 13.5. The molecule has 0 radical (unpaired) electrons. The SMILES string of the molecule is CCCNC(=O)c1cccc(NS(N)(=O)=O)c1. The minimum Gasteiger partial charge on any atom is -0.352 e. The van der Waals surface area contributed by atoms with Crippen LogP contribution in [0.1, 0.15) is 23.7 Å². The maximum Gasteiger partial charge on any atom is 0.296 e. The van der Waals surface area contributed by atoms with Crippen LogP contribution >= 0.6 is 0 Å². The fourth-order valence-corrected chi connectivity index (χ4v) is 1.68. The third-order valence-corrected chi connectivity index (χ3v) is 2.44. The van der Waals surface area contributed by atoms with E-state index in [0.29, 0.717) is 12.1 Å². The Kier molecular flexibility index (Phi) is 4.47. The number of nitrogens with two attached hydrogens (primary N) is 1. The number of benzene rings is 1. The van der Waals surface area contributed by atoms with Crippen LogP contribution in [0, 0.1) is 0 Å². The number of anilines is 1. The maximum atomic E-state index is 11.6. The van der Waals surface area contributed by atoms with Crippen LogP contribution in [0.25, 0.3) is 0 Å². The molecule has 0 spiro atoms. The van der Waals surface area contributed by atoms with Crippen LogP contribution in [-0.4, -0.2) is 20.9 Å². The van der Waals surface area contributed by atoms with Gasteiger partial charge in [0.25, 0.3) is 16.1 Å². The molecule has 6 nitrogen and oxygen atoms in total. The third kappa shape index (κ3) is 4.83. The molecule has 0 unspecified atom stereocenters. The first-order chi connectivity index (χ1) is 7.92. The third-order valence-electron chi connectivity index (χ3n) is 1.92. The predicted molar refractivity (Wildman–Crippen MR) is 65.8 cm³/mol. The normalized spacial score (nSPS) is 10.9. The molecule has 0 aliphatic carbocycles. The van der Waals surface area contributed by atoms with Gasteiger partial charge in [-0.3, -0.25) is 9.52 Å². The van der Waals surface area contributed by atoms with E-state index in [4.69, 9.17) is 5.14 Å². The second-order valence-corrected chi connectivity index (χ2v) is 4.78. The standard InChI is InChI=1S/C10H15N3O3S/c1-2-6-12-10(14)8-4-3-5-9(7-8)13-17(11,15)16/h3-5,7,13H,2,6H2,1H3,(H,12,14)(H2,11,15,16). The van der Waals surface area contributed by atoms with Crippen LogP contribution < -0.4 is 15.2 Å². The first-order valence-corrected chi connectivity index (χ1v) is 6.66. The Labute approximate surface area is 100 Å². The summed E-state index contributed by atoms with van der Waals surface area (Å²) in [6.07, 6.45) is 0.834. The number of carbonyl (C=O) groups is 1. The second kappa shape index (κ2) is 5.65. The van der Waals surface area contributed by atoms with Crippen molar-refractivity contribution in [3.63, 3.8) is 0 Å². The first-order valence-electron chi connectivity index (χ1n) is 5.11. The molecule has 0 saturated heterocycles. The molecule has 0 atom stereocenters. The summed E-state index contributed by atoms with van der Waals surface area (Å²) in [6.45, 7) is 2.52. The van der Waals surface area contributed by atoms with Crippen molar-refractivity contribution >= 4 is 21.8 Å². The van der Waals surface area contributed by atoms with Crippen molar-refractivity contribution in [2.45, 2.75) is 13.3 Å². The van der Waals surface area contributed by atoms with Gasteiger partial charge in [-0.05, 0) is 24.6 Å². The summed E-state index contributed by atoms with van der Waals surface area (Å²) in [5.74, 6) is -0.245. The van der Waals surface area contributed by atoms with Crippen LogP contribution in [0.4, 0.5) is 5.69 Å². The van der Waals surface area contributed by atoms with E-state index < -0.39 is 10.2 Å². The lowest BCUT2D eigenvalue weighted by Gasteiger charge is -2.06. The van der Waals surface area contributed by atoms with Gasteiger partial charge in [0.05, 0.1) is 5.69 Å². The molecule has 4 N–H and O–H groups in total. The van der Waals surface area contributed by atoms with E-state index >= 15 is 0 Å². The summed E-state index contributed by atoms with van der Waals surface area (Å²) in [5, 5.41) is 7.53. The highest BCUT2D eigenvalue weighted by molar-refractivity contribution is 7.90. The molecule has 1 amide bonds. The largest absolute Gasteiger partial charge is 0.352 e. The molecule has 1 aromatic carbocycles. The van der Waals surface area contributed by atoms with E-state index in [1.807, 2.05) is 6.92 Å². The lowest BCUT2D eigenvalue weighted by atomic mass is 10.2. The number of amides is 1. The van der Waals surface area contributed by atoms with Gasteiger partial charge in [0, 0.05) is 12.1 Å². The quantitative estimate of drug-likeness (QED) is 0.713. The van der Waals surface area contributed by atoms with Gasteiger partial charge < -0.3 is 5.32 Å². The van der Waals surface area contributed by atoms with Gasteiger partial charge in [-0.2, -0.15) is 8.42 Å². The van der Waals surface area contributed by atoms with Crippen molar-refractivity contribution in [1.82, 2.24) is 5.32 Å². The number of nitrogens with one attached hydrogen (secondary N) is 2. The highest BCUT2D eigenvalue weighted by Gasteiger charge is 2.07. The molecule has 7 heteroatoms. The Morgan fingerprint density at radius 2 is 2.12 bits per heavy atom. The molecule has 0 saturated carbocycles. The lowest BCUT2D eigenvalue weighted by Crippen LogP contribution is -2.25. The summed E-state index contributed by atoms with van der Waals surface area (Å²) in [7, 11) is -3.82. The fourth-order valence-electron chi connectivity index (χ4n) is 1.23. The van der Waals surface area contributed by atoms with Gasteiger partial charge >= 0.3 is 0 Å². The Balaban J connectivity index is 2.82. The smallest absolute Gasteiger partial charge is 0.296 e. The molecule has 0 fully saturated rings. The highest BCUT2D eigenvalue weighted by Crippen LogP contribution is 2.11. The van der Waals surface area contributed by atoms with E-state index in [9.17, 15) is 13.2 Å². The fraction of sp³-hybridized carbons (Fsp3) is 0.300. The number of rotatable bonds is 5. The monoisotopic (exact) mass is 257 g/mol. The van der Waals surface area contributed by atoms with E-state index in [1.54, 1.807) is 12.1 Å². The number of carbonyl (C=O) groups excluding carboxylic acids is 1. The van der Waals surface area contributed by atoms with Crippen LogP contribution in [0.15, 0.2) is 24.3 Å². The lowest BCUT2D eigenvalue weighted by molar-refractivity contribution is 0.0953. The minimum atomic E-state index is -3.82. The molecular formula is C10H15N3O3S. The molecule has 0 aliphatic heterocycles. The zero-order valence-electron chi connectivity index (χ0n) is 9.43. The molecule has 0 heterocycles. The topological polar surface area (TPSA) is 101 Å². The Hall–Kier alpha value is -1.60. The summed E-state index contributed by atoms with van der Waals surface area (Å²) >= 11 is 0. The van der Waals surface area contributed by atoms with Gasteiger partial charge in [-0.1, -0.05) is 13.0 Å². The predicted octanol–water partition coefficient (Wildman–Crippen LogP) is 0.442. The zero-order chi connectivity index (χ0) is 12.9. The van der Waals surface area contributed by atoms with Crippen LogP contribution in [0.5, 0.6) is 0 Å². The van der Waals surface area contributed by atoms with E-state index in [2.05, 4.69) is 10.0 Å². The van der Waals surface area contributed by atoms with Gasteiger partial charge in [0.15, 0.2) is 0 Å². The Morgan fingerprint density at radius 1 is 1.41 bits per heavy atom. The molecule has 94 valence electrons. The van der Waals surface area contributed by atoms with Crippen molar-refractivity contribution in [3.8, 4) is 0 Å². The Morgan fingerprint density at radius 3 is 2.71 bits per heavy atom. The summed E-state index contributed by atoms with van der Waals surface area (Å²) in [5.41, 5.74) is 0.642. The highest BCUT2D eigenvalue weighted by atomic mass is 32.2. The maximum absolute atomic E-state index is 11.6. The Bertz CT molecular complexity index is 499. The van der Waals surface area contributed by atoms with Gasteiger partial charge in [0.2, 0.25) is 0 Å². The van der Waals surface area contributed by atoms with Gasteiger partial charge in [0.1, 0.15) is 0 Å². The molecular weight excluding hydrogens is 242 g/mol. The van der Waals surface area contributed by atoms with Crippen LogP contribution in [-0.2, 0) is 10.2 Å². The number of hydrogen-bond acceptors (Lipinski definition) is 3. The molecule has 0 aliphatic rings.